The van der Waals surface area contributed by atoms with Gasteiger partial charge in [-0.1, -0.05) is 11.6 Å². The van der Waals surface area contributed by atoms with Crippen LogP contribution in [0.3, 0.4) is 0 Å². The Balaban J connectivity index is 2.93. The van der Waals surface area contributed by atoms with E-state index < -0.39 is 0 Å². The highest BCUT2D eigenvalue weighted by Gasteiger charge is 1.92. The maximum absolute atomic E-state index is 12.4. The number of hydrogen-bond donors (Lipinski definition) is 0. The smallest absolute Gasteiger partial charge is 0.207 e. The molecular weight excluding hydrogens is 179 g/mol. The number of nitrogens with zero attached hydrogens (tertiary/aromatic N) is 2. The summed E-state index contributed by atoms with van der Waals surface area (Å²) in [6.45, 7) is 0. The van der Waals surface area contributed by atoms with Crippen molar-refractivity contribution >= 4 is 22.5 Å². The molecular formula is C8H4ClFN2. The Bertz CT molecular complexity index is 337. The van der Waals surface area contributed by atoms with Gasteiger partial charge in [-0.05, 0) is 24.3 Å². The zero-order valence-corrected chi connectivity index (χ0v) is 6.72. The van der Waals surface area contributed by atoms with Crippen molar-refractivity contribution in [1.82, 2.24) is 0 Å². The fourth-order valence-corrected chi connectivity index (χ4v) is 0.752. The second kappa shape index (κ2) is 3.84. The van der Waals surface area contributed by atoms with Crippen LogP contribution in [0.25, 0.3) is 0 Å². The first-order valence-electron chi connectivity index (χ1n) is 3.12. The minimum absolute atomic E-state index is 0.165. The van der Waals surface area contributed by atoms with Crippen LogP contribution in [0.2, 0.25) is 0 Å². The van der Waals surface area contributed by atoms with E-state index in [1.54, 1.807) is 6.07 Å². The Labute approximate surface area is 73.9 Å². The van der Waals surface area contributed by atoms with E-state index in [9.17, 15) is 4.39 Å². The second-order valence-electron chi connectivity index (χ2n) is 1.99. The Hall–Kier alpha value is -1.40. The van der Waals surface area contributed by atoms with Gasteiger partial charge in [-0.3, -0.25) is 0 Å². The van der Waals surface area contributed by atoms with Gasteiger partial charge in [0.1, 0.15) is 11.9 Å². The molecule has 0 aliphatic rings. The summed E-state index contributed by atoms with van der Waals surface area (Å²) in [6.07, 6.45) is 0. The van der Waals surface area contributed by atoms with E-state index in [0.717, 1.165) is 0 Å². The third-order valence-electron chi connectivity index (χ3n) is 1.15. The summed E-state index contributed by atoms with van der Waals surface area (Å²) in [6, 6.07) is 7.03. The van der Waals surface area contributed by atoms with Crippen LogP contribution in [0.5, 0.6) is 0 Å². The molecule has 2 nitrogen and oxygen atoms in total. The summed E-state index contributed by atoms with van der Waals surface area (Å²) in [5.74, 6) is -0.345. The molecule has 0 heterocycles. The Kier molecular flexibility index (Phi) is 2.78. The van der Waals surface area contributed by atoms with Gasteiger partial charge in [0.05, 0.1) is 5.69 Å². The first-order valence-corrected chi connectivity index (χ1v) is 3.50. The average molecular weight is 183 g/mol. The van der Waals surface area contributed by atoms with Crippen LogP contribution in [0.4, 0.5) is 10.1 Å². The standard InChI is InChI=1S/C8H4ClFN2/c9-8(5-11)12-7-3-1-6(10)2-4-7/h1-4H. The van der Waals surface area contributed by atoms with Crippen molar-refractivity contribution in [2.45, 2.75) is 0 Å². The minimum atomic E-state index is -0.345. The lowest BCUT2D eigenvalue weighted by Crippen LogP contribution is -1.77. The lowest BCUT2D eigenvalue weighted by atomic mass is 10.3. The maximum atomic E-state index is 12.4. The molecule has 0 bridgehead atoms. The fourth-order valence-electron chi connectivity index (χ4n) is 0.654. The van der Waals surface area contributed by atoms with Crippen molar-refractivity contribution in [2.24, 2.45) is 4.99 Å². The van der Waals surface area contributed by atoms with E-state index in [-0.39, 0.29) is 11.0 Å². The summed E-state index contributed by atoms with van der Waals surface area (Å²) < 4.78 is 12.4. The van der Waals surface area contributed by atoms with E-state index in [0.29, 0.717) is 5.69 Å². The molecule has 0 saturated carbocycles. The van der Waals surface area contributed by atoms with Crippen molar-refractivity contribution in [2.75, 3.05) is 0 Å². The summed E-state index contributed by atoms with van der Waals surface area (Å²) >= 11 is 5.33. The lowest BCUT2D eigenvalue weighted by Gasteiger charge is -1.90. The van der Waals surface area contributed by atoms with Gasteiger partial charge in [0, 0.05) is 0 Å². The molecule has 1 aromatic rings. The molecule has 0 aliphatic carbocycles. The molecule has 0 spiro atoms. The van der Waals surface area contributed by atoms with E-state index in [1.807, 2.05) is 0 Å². The molecule has 4 heteroatoms. The Morgan fingerprint density at radius 3 is 2.50 bits per heavy atom. The summed E-state index contributed by atoms with van der Waals surface area (Å²) in [5.41, 5.74) is 0.461. The number of benzene rings is 1. The number of rotatable bonds is 1. The van der Waals surface area contributed by atoms with E-state index in [2.05, 4.69) is 4.99 Å². The van der Waals surface area contributed by atoms with Crippen LogP contribution in [0.1, 0.15) is 0 Å². The van der Waals surface area contributed by atoms with E-state index >= 15 is 0 Å². The van der Waals surface area contributed by atoms with Crippen molar-refractivity contribution in [3.63, 3.8) is 0 Å². The van der Waals surface area contributed by atoms with Gasteiger partial charge in [-0.15, -0.1) is 0 Å². The monoisotopic (exact) mass is 182 g/mol. The number of halogens is 2. The van der Waals surface area contributed by atoms with Crippen LogP contribution in [0.15, 0.2) is 29.3 Å². The Morgan fingerprint density at radius 1 is 1.42 bits per heavy atom. The van der Waals surface area contributed by atoms with Crippen LogP contribution in [0, 0.1) is 17.1 Å². The average Bonchev–Trinajstić information content (AvgIpc) is 2.09. The highest BCUT2D eigenvalue weighted by Crippen LogP contribution is 2.12. The third kappa shape index (κ3) is 2.33. The summed E-state index contributed by atoms with van der Waals surface area (Å²) in [4.78, 5) is 3.67. The van der Waals surface area contributed by atoms with Crippen LogP contribution >= 0.6 is 11.6 Å². The molecule has 60 valence electrons. The van der Waals surface area contributed by atoms with E-state index in [4.69, 9.17) is 16.9 Å². The highest BCUT2D eigenvalue weighted by atomic mass is 35.5. The molecule has 0 radical (unpaired) electrons. The molecule has 0 saturated heterocycles. The quantitative estimate of drug-likeness (QED) is 0.615. The zero-order valence-electron chi connectivity index (χ0n) is 5.96. The maximum Gasteiger partial charge on any atom is 0.207 e. The molecule has 1 rings (SSSR count). The largest absolute Gasteiger partial charge is 0.226 e. The number of hydrogen-bond acceptors (Lipinski definition) is 2. The Morgan fingerprint density at radius 2 is 2.00 bits per heavy atom. The van der Waals surface area contributed by atoms with Gasteiger partial charge < -0.3 is 0 Å². The van der Waals surface area contributed by atoms with Crippen molar-refractivity contribution in [3.05, 3.63) is 30.1 Å². The fraction of sp³-hybridized carbons (Fsp3) is 0. The van der Waals surface area contributed by atoms with Gasteiger partial charge in [0.15, 0.2) is 0 Å². The number of nitriles is 1. The molecule has 12 heavy (non-hydrogen) atoms. The molecule has 0 atom stereocenters. The third-order valence-corrected chi connectivity index (χ3v) is 1.32. The van der Waals surface area contributed by atoms with Gasteiger partial charge in [0.2, 0.25) is 5.17 Å². The van der Waals surface area contributed by atoms with Crippen molar-refractivity contribution in [1.29, 1.82) is 5.26 Å². The topological polar surface area (TPSA) is 36.1 Å². The summed E-state index contributed by atoms with van der Waals surface area (Å²) in [5, 5.41) is 8.10. The molecule has 0 amide bonds. The molecule has 0 fully saturated rings. The van der Waals surface area contributed by atoms with Gasteiger partial charge in [0.25, 0.3) is 0 Å². The van der Waals surface area contributed by atoms with E-state index in [1.165, 1.54) is 24.3 Å². The number of aliphatic imine (C=N–C) groups is 1. The SMILES string of the molecule is N#CC(Cl)=Nc1ccc(F)cc1. The van der Waals surface area contributed by atoms with Crippen LogP contribution < -0.4 is 0 Å². The normalized spacial score (nSPS) is 10.9. The molecule has 1 aromatic carbocycles. The first-order chi connectivity index (χ1) is 5.72. The highest BCUT2D eigenvalue weighted by molar-refractivity contribution is 6.69. The first kappa shape index (κ1) is 8.69. The van der Waals surface area contributed by atoms with Crippen molar-refractivity contribution < 1.29 is 4.39 Å². The minimum Gasteiger partial charge on any atom is -0.226 e. The molecule has 0 aromatic heterocycles. The second-order valence-corrected chi connectivity index (χ2v) is 2.35. The van der Waals surface area contributed by atoms with Gasteiger partial charge in [-0.2, -0.15) is 5.26 Å². The van der Waals surface area contributed by atoms with Crippen molar-refractivity contribution in [3.8, 4) is 6.07 Å². The van der Waals surface area contributed by atoms with Crippen LogP contribution in [-0.4, -0.2) is 5.17 Å². The predicted molar refractivity (Wildman–Crippen MR) is 45.0 cm³/mol. The molecule has 0 N–H and O–H groups in total. The summed E-state index contributed by atoms with van der Waals surface area (Å²) in [7, 11) is 0. The predicted octanol–water partition coefficient (Wildman–Crippen LogP) is 2.62. The molecule has 0 aliphatic heterocycles. The van der Waals surface area contributed by atoms with Crippen LogP contribution in [-0.2, 0) is 0 Å². The van der Waals surface area contributed by atoms with Gasteiger partial charge >= 0.3 is 0 Å². The molecule has 0 unspecified atom stereocenters. The lowest BCUT2D eigenvalue weighted by molar-refractivity contribution is 0.628. The van der Waals surface area contributed by atoms with Gasteiger partial charge in [-0.25, -0.2) is 9.38 Å². The zero-order chi connectivity index (χ0) is 8.97.